The fourth-order valence-corrected chi connectivity index (χ4v) is 5.13. The van der Waals surface area contributed by atoms with Crippen LogP contribution in [0.2, 0.25) is 0 Å². The Labute approximate surface area is 239 Å². The third-order valence-electron chi connectivity index (χ3n) is 7.34. The molecule has 3 aromatic carbocycles. The van der Waals surface area contributed by atoms with E-state index >= 15 is 0 Å². The van der Waals surface area contributed by atoms with Gasteiger partial charge in [0.2, 0.25) is 0 Å². The smallest absolute Gasteiger partial charge is 0.255 e. The second-order valence-electron chi connectivity index (χ2n) is 10.8. The molecule has 7 nitrogen and oxygen atoms in total. The molecule has 0 radical (unpaired) electrons. The Balaban J connectivity index is 1.56. The zero-order valence-corrected chi connectivity index (χ0v) is 23.8. The Morgan fingerprint density at radius 3 is 2.41 bits per heavy atom. The van der Waals surface area contributed by atoms with Crippen molar-refractivity contribution >= 4 is 22.8 Å². The van der Waals surface area contributed by atoms with Gasteiger partial charge in [-0.1, -0.05) is 19.9 Å². The highest BCUT2D eigenvalue weighted by atomic mass is 19.1. The lowest BCUT2D eigenvalue weighted by molar-refractivity contribution is 0.0945. The molecule has 0 saturated carbocycles. The molecule has 0 bridgehead atoms. The number of furan rings is 1. The van der Waals surface area contributed by atoms with Gasteiger partial charge in [-0.25, -0.2) is 4.39 Å². The number of nitrogens with one attached hydrogen (secondary N) is 2. The molecule has 4 aromatic rings. The molecule has 2 heterocycles. The van der Waals surface area contributed by atoms with Crippen molar-refractivity contribution in [2.24, 2.45) is 5.92 Å². The third kappa shape index (κ3) is 6.43. The lowest BCUT2D eigenvalue weighted by Gasteiger charge is -2.17. The van der Waals surface area contributed by atoms with Crippen LogP contribution in [0.1, 0.15) is 47.4 Å². The van der Waals surface area contributed by atoms with Gasteiger partial charge in [0, 0.05) is 42.2 Å². The highest BCUT2D eigenvalue weighted by molar-refractivity contribution is 6.12. The quantitative estimate of drug-likeness (QED) is 0.245. The Bertz CT molecular complexity index is 1540. The Kier molecular flexibility index (Phi) is 8.69. The van der Waals surface area contributed by atoms with Gasteiger partial charge < -0.3 is 19.8 Å². The molecule has 8 heteroatoms. The fourth-order valence-electron chi connectivity index (χ4n) is 5.13. The fraction of sp³-hybridized carbons (Fsp3) is 0.333. The molecular formula is C33H36FN3O4. The van der Waals surface area contributed by atoms with E-state index < -0.39 is 0 Å². The van der Waals surface area contributed by atoms with E-state index in [0.29, 0.717) is 58.2 Å². The maximum atomic E-state index is 13.6. The Morgan fingerprint density at radius 1 is 0.976 bits per heavy atom. The van der Waals surface area contributed by atoms with Crippen molar-refractivity contribution in [3.63, 3.8) is 0 Å². The number of nitrogens with zero attached hydrogens (tertiary/aromatic N) is 1. The zero-order chi connectivity index (χ0) is 28.9. The van der Waals surface area contributed by atoms with Crippen molar-refractivity contribution < 1.29 is 23.1 Å². The molecule has 1 saturated heterocycles. The molecule has 2 N–H and O–H groups in total. The van der Waals surface area contributed by atoms with Gasteiger partial charge in [0.1, 0.15) is 29.5 Å². The summed E-state index contributed by atoms with van der Waals surface area (Å²) < 4.78 is 26.0. The molecule has 0 atom stereocenters. The first-order valence-electron chi connectivity index (χ1n) is 14.2. The van der Waals surface area contributed by atoms with Crippen LogP contribution in [0.25, 0.3) is 33.4 Å². The topological polar surface area (TPSA) is 83.8 Å². The average Bonchev–Trinajstić information content (AvgIpc) is 3.63. The van der Waals surface area contributed by atoms with E-state index in [1.165, 1.54) is 25.0 Å². The van der Waals surface area contributed by atoms with E-state index in [1.54, 1.807) is 25.2 Å². The third-order valence-corrected chi connectivity index (χ3v) is 7.34. The normalized spacial score (nSPS) is 13.6. The standard InChI is InChI=1S/C33H36FN3O4/c1-21(2)20-36-32(38)24-9-12-28(40-17-16-37-14-4-5-15-37)26(19-24)23-8-13-29-27(18-23)30(33(39)35-3)31(41-29)22-6-10-25(34)11-7-22/h6-13,18-19,21H,4-5,14-17,20H2,1-3H3,(H,35,39)(H,36,38). The first kappa shape index (κ1) is 28.4. The second kappa shape index (κ2) is 12.6. The summed E-state index contributed by atoms with van der Waals surface area (Å²) in [5.74, 6) is 0.506. The van der Waals surface area contributed by atoms with Gasteiger partial charge in [0.05, 0.1) is 5.56 Å². The number of benzene rings is 3. The van der Waals surface area contributed by atoms with Crippen molar-refractivity contribution in [1.82, 2.24) is 15.5 Å². The van der Waals surface area contributed by atoms with Gasteiger partial charge in [-0.2, -0.15) is 0 Å². The van der Waals surface area contributed by atoms with Gasteiger partial charge in [-0.05, 0) is 92.0 Å². The van der Waals surface area contributed by atoms with Crippen LogP contribution in [0, 0.1) is 11.7 Å². The van der Waals surface area contributed by atoms with Crippen molar-refractivity contribution in [2.45, 2.75) is 26.7 Å². The zero-order valence-electron chi connectivity index (χ0n) is 23.8. The minimum Gasteiger partial charge on any atom is -0.492 e. The number of carbonyl (C=O) groups is 2. The molecule has 0 unspecified atom stereocenters. The lowest BCUT2D eigenvalue weighted by Crippen LogP contribution is -2.27. The maximum Gasteiger partial charge on any atom is 0.255 e. The number of fused-ring (bicyclic) bond motifs is 1. The van der Waals surface area contributed by atoms with Crippen molar-refractivity contribution in [2.75, 3.05) is 39.8 Å². The van der Waals surface area contributed by atoms with Crippen molar-refractivity contribution in [3.05, 3.63) is 77.6 Å². The summed E-state index contributed by atoms with van der Waals surface area (Å²) in [5.41, 5.74) is 3.53. The predicted molar refractivity (Wildman–Crippen MR) is 159 cm³/mol. The number of halogens is 1. The summed E-state index contributed by atoms with van der Waals surface area (Å²) >= 11 is 0. The summed E-state index contributed by atoms with van der Waals surface area (Å²) in [6, 6.07) is 16.9. The van der Waals surface area contributed by atoms with Crippen LogP contribution < -0.4 is 15.4 Å². The van der Waals surface area contributed by atoms with Crippen LogP contribution >= 0.6 is 0 Å². The molecule has 214 valence electrons. The van der Waals surface area contributed by atoms with Crippen LogP contribution in [0.5, 0.6) is 5.75 Å². The number of likely N-dealkylation sites (tertiary alicyclic amines) is 1. The van der Waals surface area contributed by atoms with Gasteiger partial charge in [-0.15, -0.1) is 0 Å². The van der Waals surface area contributed by atoms with Crippen molar-refractivity contribution in [3.8, 4) is 28.2 Å². The van der Waals surface area contributed by atoms with Gasteiger partial charge >= 0.3 is 0 Å². The number of hydrogen-bond donors (Lipinski definition) is 2. The van der Waals surface area contributed by atoms with E-state index in [1.807, 2.05) is 44.2 Å². The lowest BCUT2D eigenvalue weighted by atomic mass is 9.98. The minimum atomic E-state index is -0.372. The highest BCUT2D eigenvalue weighted by Gasteiger charge is 2.23. The summed E-state index contributed by atoms with van der Waals surface area (Å²) in [7, 11) is 1.56. The van der Waals surface area contributed by atoms with E-state index in [4.69, 9.17) is 9.15 Å². The number of carbonyl (C=O) groups excluding carboxylic acids is 2. The number of amides is 2. The molecule has 1 aromatic heterocycles. The molecule has 0 aliphatic carbocycles. The molecular weight excluding hydrogens is 521 g/mol. The van der Waals surface area contributed by atoms with Crippen LogP contribution in [0.15, 0.2) is 65.1 Å². The first-order chi connectivity index (χ1) is 19.8. The minimum absolute atomic E-state index is 0.155. The van der Waals surface area contributed by atoms with E-state index in [0.717, 1.165) is 30.8 Å². The Hall–Kier alpha value is -4.17. The van der Waals surface area contributed by atoms with Crippen molar-refractivity contribution in [1.29, 1.82) is 0 Å². The molecule has 41 heavy (non-hydrogen) atoms. The summed E-state index contributed by atoms with van der Waals surface area (Å²) in [6.45, 7) is 8.20. The largest absolute Gasteiger partial charge is 0.492 e. The van der Waals surface area contributed by atoms with Gasteiger partial charge in [0.25, 0.3) is 11.8 Å². The number of ether oxygens (including phenoxy) is 1. The number of hydrogen-bond acceptors (Lipinski definition) is 5. The van der Waals surface area contributed by atoms with E-state index in [2.05, 4.69) is 15.5 Å². The van der Waals surface area contributed by atoms with E-state index in [9.17, 15) is 14.0 Å². The van der Waals surface area contributed by atoms with Gasteiger partial charge in [0.15, 0.2) is 0 Å². The SMILES string of the molecule is CNC(=O)c1c(-c2ccc(F)cc2)oc2ccc(-c3cc(C(=O)NCC(C)C)ccc3OCCN3CCCC3)cc12. The first-order valence-corrected chi connectivity index (χ1v) is 14.2. The van der Waals surface area contributed by atoms with Crippen LogP contribution in [0.3, 0.4) is 0 Å². The molecule has 1 fully saturated rings. The summed E-state index contributed by atoms with van der Waals surface area (Å²) in [6.07, 6.45) is 2.42. The predicted octanol–water partition coefficient (Wildman–Crippen LogP) is 6.13. The molecule has 2 amide bonds. The second-order valence-corrected chi connectivity index (χ2v) is 10.8. The Morgan fingerprint density at radius 2 is 1.71 bits per heavy atom. The van der Waals surface area contributed by atoms with Crippen LogP contribution in [-0.2, 0) is 0 Å². The molecule has 1 aliphatic rings. The molecule has 1 aliphatic heterocycles. The molecule has 5 rings (SSSR count). The highest BCUT2D eigenvalue weighted by Crippen LogP contribution is 2.38. The monoisotopic (exact) mass is 557 g/mol. The average molecular weight is 558 g/mol. The number of rotatable bonds is 10. The molecule has 0 spiro atoms. The maximum absolute atomic E-state index is 13.6. The van der Waals surface area contributed by atoms with Gasteiger partial charge in [-0.3, -0.25) is 14.5 Å². The summed E-state index contributed by atoms with van der Waals surface area (Å²) in [5, 5.41) is 6.29. The van der Waals surface area contributed by atoms with Crippen LogP contribution in [0.4, 0.5) is 4.39 Å². The summed E-state index contributed by atoms with van der Waals surface area (Å²) in [4.78, 5) is 28.4. The van der Waals surface area contributed by atoms with E-state index in [-0.39, 0.29) is 17.6 Å². The van der Waals surface area contributed by atoms with Crippen LogP contribution in [-0.4, -0.2) is 56.5 Å².